The molecule has 1 aliphatic rings. The van der Waals surface area contributed by atoms with Gasteiger partial charge in [0.15, 0.2) is 11.2 Å². The molecule has 2 aromatic carbocycles. The summed E-state index contributed by atoms with van der Waals surface area (Å²) in [7, 11) is 3.18. The highest BCUT2D eigenvalue weighted by atomic mass is 16.6. The second-order valence-corrected chi connectivity index (χ2v) is 6.37. The van der Waals surface area contributed by atoms with Crippen molar-refractivity contribution in [2.24, 2.45) is 0 Å². The number of methoxy groups -OCH3 is 3. The van der Waals surface area contributed by atoms with E-state index < -0.39 is 34.6 Å². The number of ketones is 1. The van der Waals surface area contributed by atoms with Crippen LogP contribution in [0.5, 0.6) is 0 Å². The Labute approximate surface area is 160 Å². The molecule has 8 nitrogen and oxygen atoms in total. The lowest BCUT2D eigenvalue weighted by atomic mass is 9.64. The van der Waals surface area contributed by atoms with Gasteiger partial charge in [-0.15, -0.1) is 0 Å². The number of esters is 3. The van der Waals surface area contributed by atoms with Crippen molar-refractivity contribution in [3.8, 4) is 0 Å². The van der Waals surface area contributed by atoms with Gasteiger partial charge in [-0.05, 0) is 12.3 Å². The van der Waals surface area contributed by atoms with Crippen molar-refractivity contribution in [1.82, 2.24) is 0 Å². The molecular formula is C20H19NO7. The zero-order valence-corrected chi connectivity index (χ0v) is 15.8. The van der Waals surface area contributed by atoms with E-state index in [1.54, 1.807) is 18.2 Å². The van der Waals surface area contributed by atoms with Crippen molar-refractivity contribution in [2.45, 2.75) is 17.9 Å². The summed E-state index contributed by atoms with van der Waals surface area (Å²) in [5.74, 6) is -4.12. The molecule has 0 bridgehead atoms. The van der Waals surface area contributed by atoms with Crippen LogP contribution in [0.4, 0.5) is 5.69 Å². The zero-order valence-electron chi connectivity index (χ0n) is 15.8. The summed E-state index contributed by atoms with van der Waals surface area (Å²) in [4.78, 5) is 51.9. The molecule has 8 heteroatoms. The van der Waals surface area contributed by atoms with E-state index in [4.69, 9.17) is 14.2 Å². The molecule has 0 radical (unpaired) electrons. The Kier molecular flexibility index (Phi) is 4.58. The maximum Gasteiger partial charge on any atom is 0.345 e. The number of anilines is 1. The summed E-state index contributed by atoms with van der Waals surface area (Å²) in [5.41, 5.74) is -4.36. The first-order valence-electron chi connectivity index (χ1n) is 8.39. The number of hydrogen-bond acceptors (Lipinski definition) is 8. The molecule has 1 unspecified atom stereocenters. The standard InChI is InChI=1S/C20H19NO7/c1-11(22)19(16(23)26-2)14-10-9-12-7-5-6-8-13(12)15(14)21-20(19,17(24)27-3)18(25)28-4/h5-10,21H,1-4H3. The summed E-state index contributed by atoms with van der Waals surface area (Å²) in [6.07, 6.45) is 0. The van der Waals surface area contributed by atoms with Gasteiger partial charge in [-0.2, -0.15) is 0 Å². The molecule has 1 aliphatic heterocycles. The predicted molar refractivity (Wildman–Crippen MR) is 98.7 cm³/mol. The number of benzene rings is 2. The number of ether oxygens (including phenoxy) is 3. The molecule has 1 N–H and O–H groups in total. The Morgan fingerprint density at radius 3 is 1.93 bits per heavy atom. The van der Waals surface area contributed by atoms with Gasteiger partial charge in [0.1, 0.15) is 0 Å². The normalized spacial score (nSPS) is 19.3. The highest BCUT2D eigenvalue weighted by molar-refractivity contribution is 6.28. The Morgan fingerprint density at radius 2 is 1.39 bits per heavy atom. The molecule has 0 aromatic heterocycles. The van der Waals surface area contributed by atoms with Crippen molar-refractivity contribution in [3.05, 3.63) is 42.0 Å². The molecule has 3 rings (SSSR count). The van der Waals surface area contributed by atoms with E-state index in [0.29, 0.717) is 5.39 Å². The lowest BCUT2D eigenvalue weighted by molar-refractivity contribution is -0.173. The summed E-state index contributed by atoms with van der Waals surface area (Å²) in [5, 5.41) is 4.20. The van der Waals surface area contributed by atoms with Gasteiger partial charge in [0.05, 0.1) is 21.3 Å². The Hall–Kier alpha value is -3.42. The van der Waals surface area contributed by atoms with E-state index in [1.807, 2.05) is 12.1 Å². The molecule has 1 atom stereocenters. The van der Waals surface area contributed by atoms with Crippen LogP contribution in [-0.4, -0.2) is 50.6 Å². The predicted octanol–water partition coefficient (Wildman–Crippen LogP) is 1.35. The minimum absolute atomic E-state index is 0.140. The molecule has 0 saturated carbocycles. The fourth-order valence-electron chi connectivity index (χ4n) is 4.01. The molecule has 1 heterocycles. The second-order valence-electron chi connectivity index (χ2n) is 6.37. The van der Waals surface area contributed by atoms with Gasteiger partial charge in [0.25, 0.3) is 5.54 Å². The Morgan fingerprint density at radius 1 is 0.821 bits per heavy atom. The maximum absolute atomic E-state index is 13.0. The monoisotopic (exact) mass is 385 g/mol. The van der Waals surface area contributed by atoms with E-state index in [2.05, 4.69) is 5.32 Å². The van der Waals surface area contributed by atoms with Crippen LogP contribution in [0.25, 0.3) is 10.8 Å². The highest BCUT2D eigenvalue weighted by Crippen LogP contribution is 2.52. The molecule has 0 amide bonds. The number of Topliss-reactive ketones (excluding diaryl/α,β-unsaturated/α-hetero) is 1. The van der Waals surface area contributed by atoms with Crippen molar-refractivity contribution in [1.29, 1.82) is 0 Å². The molecule has 28 heavy (non-hydrogen) atoms. The Bertz CT molecular complexity index is 997. The minimum Gasteiger partial charge on any atom is -0.468 e. The van der Waals surface area contributed by atoms with Gasteiger partial charge in [-0.3, -0.25) is 9.59 Å². The SMILES string of the molecule is COC(=O)C1(C(=O)OC)Nc2c(ccc3ccccc23)C1(C(C)=O)C(=O)OC. The smallest absolute Gasteiger partial charge is 0.345 e. The number of nitrogens with one attached hydrogen (secondary N) is 1. The number of hydrogen-bond donors (Lipinski definition) is 1. The van der Waals surface area contributed by atoms with Crippen LogP contribution in [-0.2, 0) is 38.8 Å². The number of rotatable bonds is 4. The van der Waals surface area contributed by atoms with E-state index in [0.717, 1.165) is 33.6 Å². The van der Waals surface area contributed by atoms with E-state index in [9.17, 15) is 19.2 Å². The fourth-order valence-corrected chi connectivity index (χ4v) is 4.01. The first-order chi connectivity index (χ1) is 13.3. The molecule has 146 valence electrons. The minimum atomic E-state index is -2.47. The molecule has 2 aromatic rings. The van der Waals surface area contributed by atoms with Crippen LogP contribution in [0.1, 0.15) is 12.5 Å². The molecule has 0 saturated heterocycles. The van der Waals surface area contributed by atoms with Crippen LogP contribution < -0.4 is 5.32 Å². The lowest BCUT2D eigenvalue weighted by Crippen LogP contribution is -2.70. The molecule has 0 spiro atoms. The van der Waals surface area contributed by atoms with Gasteiger partial charge in [-0.1, -0.05) is 36.4 Å². The summed E-state index contributed by atoms with van der Waals surface area (Å²) < 4.78 is 14.6. The molecule has 0 fully saturated rings. The van der Waals surface area contributed by atoms with E-state index >= 15 is 0 Å². The Balaban J connectivity index is 2.54. The zero-order chi connectivity index (χ0) is 20.7. The number of fused-ring (bicyclic) bond motifs is 3. The van der Waals surface area contributed by atoms with Crippen molar-refractivity contribution in [2.75, 3.05) is 26.6 Å². The van der Waals surface area contributed by atoms with Crippen LogP contribution in [0.2, 0.25) is 0 Å². The third kappa shape index (κ3) is 2.11. The fraction of sp³-hybridized carbons (Fsp3) is 0.300. The van der Waals surface area contributed by atoms with E-state index in [-0.39, 0.29) is 11.3 Å². The lowest BCUT2D eigenvalue weighted by Gasteiger charge is -2.37. The van der Waals surface area contributed by atoms with Crippen LogP contribution in [0, 0.1) is 0 Å². The van der Waals surface area contributed by atoms with Crippen LogP contribution >= 0.6 is 0 Å². The largest absolute Gasteiger partial charge is 0.468 e. The summed E-state index contributed by atoms with van der Waals surface area (Å²) in [6.45, 7) is 1.11. The van der Waals surface area contributed by atoms with Crippen molar-refractivity contribution in [3.63, 3.8) is 0 Å². The highest BCUT2D eigenvalue weighted by Gasteiger charge is 2.76. The van der Waals surface area contributed by atoms with Gasteiger partial charge in [-0.25, -0.2) is 9.59 Å². The van der Waals surface area contributed by atoms with Crippen LogP contribution in [0.3, 0.4) is 0 Å². The van der Waals surface area contributed by atoms with Crippen molar-refractivity contribution < 1.29 is 33.4 Å². The van der Waals surface area contributed by atoms with Crippen LogP contribution in [0.15, 0.2) is 36.4 Å². The quantitative estimate of drug-likeness (QED) is 0.477. The average Bonchev–Trinajstić information content (AvgIpc) is 3.05. The number of carbonyl (C=O) groups excluding carboxylic acids is 4. The second kappa shape index (κ2) is 6.63. The van der Waals surface area contributed by atoms with Gasteiger partial charge < -0.3 is 19.5 Å². The first-order valence-corrected chi connectivity index (χ1v) is 8.39. The van der Waals surface area contributed by atoms with Gasteiger partial charge >= 0.3 is 17.9 Å². The molecule has 0 aliphatic carbocycles. The number of carbonyl (C=O) groups is 4. The summed E-state index contributed by atoms with van der Waals surface area (Å²) in [6, 6.07) is 10.4. The van der Waals surface area contributed by atoms with E-state index in [1.165, 1.54) is 6.07 Å². The molecular weight excluding hydrogens is 366 g/mol. The van der Waals surface area contributed by atoms with Gasteiger partial charge in [0, 0.05) is 16.6 Å². The first kappa shape index (κ1) is 19.3. The third-order valence-corrected chi connectivity index (χ3v) is 5.21. The third-order valence-electron chi connectivity index (χ3n) is 5.21. The maximum atomic E-state index is 13.0. The topological polar surface area (TPSA) is 108 Å². The average molecular weight is 385 g/mol. The summed E-state index contributed by atoms with van der Waals surface area (Å²) >= 11 is 0. The van der Waals surface area contributed by atoms with Crippen molar-refractivity contribution >= 4 is 40.2 Å². The van der Waals surface area contributed by atoms with Gasteiger partial charge in [0.2, 0.25) is 0 Å².